The summed E-state index contributed by atoms with van der Waals surface area (Å²) >= 11 is 0. The third kappa shape index (κ3) is 3.60. The molecule has 0 aliphatic carbocycles. The summed E-state index contributed by atoms with van der Waals surface area (Å²) in [6.07, 6.45) is 0. The fourth-order valence-corrected chi connectivity index (χ4v) is 1.85. The molecule has 0 fully saturated rings. The van der Waals surface area contributed by atoms with E-state index in [4.69, 9.17) is 0 Å². The summed E-state index contributed by atoms with van der Waals surface area (Å²) in [7, 11) is 5.13. The first-order chi connectivity index (χ1) is 8.25. The van der Waals surface area contributed by atoms with Crippen molar-refractivity contribution in [2.24, 2.45) is 11.8 Å². The largest absolute Gasteiger partial charge is 0.311 e. The van der Waals surface area contributed by atoms with Crippen LogP contribution in [0.1, 0.15) is 27.7 Å². The van der Waals surface area contributed by atoms with Crippen LogP contribution < -0.4 is 16.0 Å². The van der Waals surface area contributed by atoms with Crippen LogP contribution in [0.15, 0.2) is 0 Å². The molecule has 0 saturated carbocycles. The molecule has 5 nitrogen and oxygen atoms in total. The highest BCUT2D eigenvalue weighted by molar-refractivity contribution is 6.08. The number of ketones is 2. The first-order valence-corrected chi connectivity index (χ1v) is 6.38. The Morgan fingerprint density at radius 2 is 1.44 bits per heavy atom. The van der Waals surface area contributed by atoms with Crippen molar-refractivity contribution in [3.63, 3.8) is 0 Å². The standard InChI is InChI=1S/C13H27N3O2/c1-8(2)10(11(17)9(3)14-5)12(18)13(4,15-6)16-7/h8-10,14-16H,1-7H3. The highest BCUT2D eigenvalue weighted by Crippen LogP contribution is 2.20. The minimum atomic E-state index is -0.877. The molecule has 0 aliphatic heterocycles. The average molecular weight is 257 g/mol. The molecular weight excluding hydrogens is 230 g/mol. The second-order valence-corrected chi connectivity index (χ2v) is 5.12. The van der Waals surface area contributed by atoms with Crippen LogP contribution >= 0.6 is 0 Å². The van der Waals surface area contributed by atoms with Gasteiger partial charge >= 0.3 is 0 Å². The Hall–Kier alpha value is -0.780. The number of hydrogen-bond acceptors (Lipinski definition) is 5. The summed E-state index contributed by atoms with van der Waals surface area (Å²) in [5.74, 6) is -0.817. The van der Waals surface area contributed by atoms with Gasteiger partial charge in [-0.05, 0) is 40.9 Å². The molecule has 0 aromatic heterocycles. The van der Waals surface area contributed by atoms with Crippen molar-refractivity contribution in [1.29, 1.82) is 0 Å². The van der Waals surface area contributed by atoms with Gasteiger partial charge in [-0.2, -0.15) is 0 Å². The number of nitrogens with one attached hydrogen (secondary N) is 3. The van der Waals surface area contributed by atoms with Crippen molar-refractivity contribution in [3.05, 3.63) is 0 Å². The van der Waals surface area contributed by atoms with E-state index in [2.05, 4.69) is 16.0 Å². The van der Waals surface area contributed by atoms with Crippen molar-refractivity contribution in [1.82, 2.24) is 16.0 Å². The molecule has 0 rings (SSSR count). The van der Waals surface area contributed by atoms with Crippen LogP contribution in [0.5, 0.6) is 0 Å². The van der Waals surface area contributed by atoms with Crippen LogP contribution in [0, 0.1) is 11.8 Å². The van der Waals surface area contributed by atoms with Gasteiger partial charge in [0.25, 0.3) is 0 Å². The van der Waals surface area contributed by atoms with Gasteiger partial charge in [-0.25, -0.2) is 0 Å². The van der Waals surface area contributed by atoms with Gasteiger partial charge in [0.05, 0.1) is 12.0 Å². The highest BCUT2D eigenvalue weighted by Gasteiger charge is 2.41. The van der Waals surface area contributed by atoms with Crippen LogP contribution in [-0.2, 0) is 9.59 Å². The lowest BCUT2D eigenvalue weighted by Crippen LogP contribution is -2.62. The SMILES string of the molecule is CNC(C)C(=O)C(C(=O)C(C)(NC)NC)C(C)C. The smallest absolute Gasteiger partial charge is 0.177 e. The van der Waals surface area contributed by atoms with Crippen LogP contribution in [0.4, 0.5) is 0 Å². The number of carbonyl (C=O) groups is 2. The molecule has 0 aliphatic rings. The Balaban J connectivity index is 5.26. The topological polar surface area (TPSA) is 70.2 Å². The molecule has 106 valence electrons. The van der Waals surface area contributed by atoms with Gasteiger partial charge in [0.1, 0.15) is 5.66 Å². The predicted octanol–water partition coefficient (Wildman–Crippen LogP) is 0.160. The fraction of sp³-hybridized carbons (Fsp3) is 0.846. The Labute approximate surface area is 110 Å². The maximum Gasteiger partial charge on any atom is 0.177 e. The Morgan fingerprint density at radius 3 is 1.72 bits per heavy atom. The van der Waals surface area contributed by atoms with Crippen molar-refractivity contribution in [3.8, 4) is 0 Å². The lowest BCUT2D eigenvalue weighted by Gasteiger charge is -2.33. The first kappa shape index (κ1) is 17.2. The third-order valence-electron chi connectivity index (χ3n) is 3.61. The minimum absolute atomic E-state index is 0.0261. The molecule has 0 amide bonds. The molecule has 0 saturated heterocycles. The van der Waals surface area contributed by atoms with E-state index in [9.17, 15) is 9.59 Å². The summed E-state index contributed by atoms with van der Waals surface area (Å²) in [6.45, 7) is 7.33. The Kier molecular flexibility index (Phi) is 6.67. The molecule has 0 radical (unpaired) electrons. The van der Waals surface area contributed by atoms with Crippen LogP contribution in [0.2, 0.25) is 0 Å². The maximum absolute atomic E-state index is 12.6. The van der Waals surface area contributed by atoms with Gasteiger partial charge in [-0.3, -0.25) is 20.2 Å². The average Bonchev–Trinajstić information content (AvgIpc) is 2.36. The van der Waals surface area contributed by atoms with E-state index in [-0.39, 0.29) is 23.5 Å². The van der Waals surface area contributed by atoms with Crippen LogP contribution in [0.25, 0.3) is 0 Å². The summed E-state index contributed by atoms with van der Waals surface area (Å²) in [5.41, 5.74) is -0.877. The van der Waals surface area contributed by atoms with Gasteiger partial charge in [0.15, 0.2) is 11.6 Å². The lowest BCUT2D eigenvalue weighted by molar-refractivity contribution is -0.139. The van der Waals surface area contributed by atoms with Gasteiger partial charge in [-0.1, -0.05) is 13.8 Å². The molecule has 0 heterocycles. The minimum Gasteiger partial charge on any atom is -0.311 e. The zero-order valence-electron chi connectivity index (χ0n) is 12.5. The van der Waals surface area contributed by atoms with E-state index < -0.39 is 11.6 Å². The molecule has 0 aromatic rings. The van der Waals surface area contributed by atoms with Gasteiger partial charge in [-0.15, -0.1) is 0 Å². The molecule has 18 heavy (non-hydrogen) atoms. The zero-order chi connectivity index (χ0) is 14.5. The van der Waals surface area contributed by atoms with E-state index in [1.165, 1.54) is 0 Å². The quantitative estimate of drug-likeness (QED) is 0.427. The Morgan fingerprint density at radius 1 is 1.00 bits per heavy atom. The normalized spacial score (nSPS) is 15.6. The number of rotatable bonds is 8. The van der Waals surface area contributed by atoms with Crippen LogP contribution in [-0.4, -0.2) is 44.4 Å². The van der Waals surface area contributed by atoms with Crippen molar-refractivity contribution in [2.75, 3.05) is 21.1 Å². The van der Waals surface area contributed by atoms with E-state index in [1.54, 1.807) is 35.0 Å². The summed E-state index contributed by atoms with van der Waals surface area (Å²) in [6, 6.07) is -0.320. The van der Waals surface area contributed by atoms with Gasteiger partial charge in [0, 0.05) is 0 Å². The van der Waals surface area contributed by atoms with E-state index >= 15 is 0 Å². The van der Waals surface area contributed by atoms with Crippen molar-refractivity contribution >= 4 is 11.6 Å². The molecule has 0 spiro atoms. The molecule has 2 unspecified atom stereocenters. The zero-order valence-corrected chi connectivity index (χ0v) is 12.5. The number of Topliss-reactive ketones (excluding diaryl/α,β-unsaturated/α-hetero) is 2. The van der Waals surface area contributed by atoms with Gasteiger partial charge in [0.2, 0.25) is 0 Å². The summed E-state index contributed by atoms with van der Waals surface area (Å²) < 4.78 is 0. The van der Waals surface area contributed by atoms with Crippen LogP contribution in [0.3, 0.4) is 0 Å². The first-order valence-electron chi connectivity index (χ1n) is 6.38. The number of likely N-dealkylation sites (N-methyl/N-ethyl adjacent to an activating group) is 3. The fourth-order valence-electron chi connectivity index (χ4n) is 1.85. The third-order valence-corrected chi connectivity index (χ3v) is 3.61. The molecular formula is C13H27N3O2. The second kappa shape index (κ2) is 6.97. The molecule has 3 N–H and O–H groups in total. The van der Waals surface area contributed by atoms with E-state index in [0.717, 1.165) is 0 Å². The van der Waals surface area contributed by atoms with Crippen molar-refractivity contribution in [2.45, 2.75) is 39.4 Å². The monoisotopic (exact) mass is 257 g/mol. The predicted molar refractivity (Wildman–Crippen MR) is 73.4 cm³/mol. The number of hydrogen-bond donors (Lipinski definition) is 3. The second-order valence-electron chi connectivity index (χ2n) is 5.12. The maximum atomic E-state index is 12.6. The molecule has 5 heteroatoms. The lowest BCUT2D eigenvalue weighted by atomic mass is 9.80. The van der Waals surface area contributed by atoms with E-state index in [1.807, 2.05) is 13.8 Å². The number of carbonyl (C=O) groups excluding carboxylic acids is 2. The highest BCUT2D eigenvalue weighted by atomic mass is 16.2. The van der Waals surface area contributed by atoms with E-state index in [0.29, 0.717) is 0 Å². The van der Waals surface area contributed by atoms with Crippen molar-refractivity contribution < 1.29 is 9.59 Å². The molecule has 0 aromatic carbocycles. The summed E-state index contributed by atoms with van der Waals surface area (Å²) in [5, 5.41) is 8.78. The Bertz CT molecular complexity index is 299. The molecule has 2 atom stereocenters. The summed E-state index contributed by atoms with van der Waals surface area (Å²) in [4.78, 5) is 24.9. The molecule has 0 bridgehead atoms. The van der Waals surface area contributed by atoms with Gasteiger partial charge < -0.3 is 5.32 Å².